The van der Waals surface area contributed by atoms with Crippen molar-refractivity contribution in [3.8, 4) is 16.9 Å². The number of carbonyl (C=O) groups excluding carboxylic acids is 1. The van der Waals surface area contributed by atoms with Gasteiger partial charge in [0.2, 0.25) is 0 Å². The number of benzene rings is 2. The van der Waals surface area contributed by atoms with Gasteiger partial charge in [-0.15, -0.1) is 0 Å². The molecule has 1 amide bonds. The highest BCUT2D eigenvalue weighted by Crippen LogP contribution is 2.23. The zero-order valence-corrected chi connectivity index (χ0v) is 18.2. The molecule has 0 saturated carbocycles. The first-order valence-electron chi connectivity index (χ1n) is 10.2. The van der Waals surface area contributed by atoms with Crippen LogP contribution in [-0.4, -0.2) is 33.0 Å². The van der Waals surface area contributed by atoms with Crippen LogP contribution in [0.2, 0.25) is 0 Å². The number of carbonyl (C=O) groups is 1. The minimum Gasteiger partial charge on any atom is -0.351 e. The summed E-state index contributed by atoms with van der Waals surface area (Å²) in [6, 6.07) is 22.1. The average Bonchev–Trinajstić information content (AvgIpc) is 3.27. The fourth-order valence-corrected chi connectivity index (χ4v) is 3.99. The summed E-state index contributed by atoms with van der Waals surface area (Å²) in [5, 5.41) is 7.71. The molecule has 2 aromatic heterocycles. The number of pyridine rings is 1. The summed E-state index contributed by atoms with van der Waals surface area (Å²) in [5.74, 6) is 1.65. The van der Waals surface area contributed by atoms with Crippen molar-refractivity contribution < 1.29 is 4.79 Å². The third kappa shape index (κ3) is 5.41. The van der Waals surface area contributed by atoms with Crippen molar-refractivity contribution in [1.82, 2.24) is 20.1 Å². The molecule has 0 saturated heterocycles. The summed E-state index contributed by atoms with van der Waals surface area (Å²) in [5.41, 5.74) is 5.45. The van der Waals surface area contributed by atoms with Crippen LogP contribution in [0.5, 0.6) is 0 Å². The Balaban J connectivity index is 1.42. The van der Waals surface area contributed by atoms with Crippen LogP contribution in [0, 0.1) is 6.92 Å². The molecule has 0 radical (unpaired) electrons. The highest BCUT2D eigenvalue weighted by Gasteiger charge is 2.18. The van der Waals surface area contributed by atoms with Gasteiger partial charge in [-0.05, 0) is 36.8 Å². The molecule has 0 fully saturated rings. The Morgan fingerprint density at radius 2 is 1.84 bits per heavy atom. The van der Waals surface area contributed by atoms with Crippen LogP contribution >= 0.6 is 11.8 Å². The summed E-state index contributed by atoms with van der Waals surface area (Å²) < 4.78 is 1.74. The predicted octanol–water partition coefficient (Wildman–Crippen LogP) is 4.91. The van der Waals surface area contributed by atoms with Gasteiger partial charge in [0, 0.05) is 42.2 Å². The number of rotatable bonds is 8. The topological polar surface area (TPSA) is 59.8 Å². The van der Waals surface area contributed by atoms with E-state index in [2.05, 4.69) is 46.6 Å². The molecule has 4 rings (SSSR count). The Kier molecular flexibility index (Phi) is 6.79. The second-order valence-electron chi connectivity index (χ2n) is 7.21. The quantitative estimate of drug-likeness (QED) is 0.405. The summed E-state index contributed by atoms with van der Waals surface area (Å²) in [6.07, 6.45) is 5.22. The third-order valence-electron chi connectivity index (χ3n) is 4.84. The number of aromatic nitrogens is 3. The van der Waals surface area contributed by atoms with E-state index in [1.807, 2.05) is 42.5 Å². The van der Waals surface area contributed by atoms with Crippen molar-refractivity contribution in [2.24, 2.45) is 0 Å². The molecule has 0 atom stereocenters. The number of amides is 1. The summed E-state index contributed by atoms with van der Waals surface area (Å²) >= 11 is 1.81. The van der Waals surface area contributed by atoms with Gasteiger partial charge < -0.3 is 5.32 Å². The molecule has 5 nitrogen and oxygen atoms in total. The van der Waals surface area contributed by atoms with E-state index in [-0.39, 0.29) is 5.91 Å². The van der Waals surface area contributed by atoms with E-state index < -0.39 is 0 Å². The van der Waals surface area contributed by atoms with Crippen molar-refractivity contribution in [1.29, 1.82) is 0 Å². The van der Waals surface area contributed by atoms with Crippen molar-refractivity contribution in [3.05, 3.63) is 102 Å². The van der Waals surface area contributed by atoms with E-state index in [1.165, 1.54) is 11.1 Å². The number of thioether (sulfide) groups is 1. The highest BCUT2D eigenvalue weighted by molar-refractivity contribution is 7.98. The van der Waals surface area contributed by atoms with E-state index >= 15 is 0 Å². The molecule has 6 heteroatoms. The highest BCUT2D eigenvalue weighted by atomic mass is 32.2. The lowest BCUT2D eigenvalue weighted by molar-refractivity contribution is 0.0957. The molecule has 31 heavy (non-hydrogen) atoms. The van der Waals surface area contributed by atoms with Gasteiger partial charge in [-0.3, -0.25) is 9.78 Å². The Bertz CT molecular complexity index is 1130. The first-order valence-corrected chi connectivity index (χ1v) is 11.3. The normalized spacial score (nSPS) is 10.7. The monoisotopic (exact) mass is 428 g/mol. The van der Waals surface area contributed by atoms with Crippen LogP contribution in [0.25, 0.3) is 16.9 Å². The van der Waals surface area contributed by atoms with Gasteiger partial charge in [-0.25, -0.2) is 4.68 Å². The van der Waals surface area contributed by atoms with Crippen molar-refractivity contribution in [3.63, 3.8) is 0 Å². The molecule has 0 bridgehead atoms. The molecule has 2 aromatic carbocycles. The molecule has 0 aliphatic carbocycles. The minimum atomic E-state index is -0.128. The van der Waals surface area contributed by atoms with Gasteiger partial charge in [0.25, 0.3) is 5.91 Å². The first-order chi connectivity index (χ1) is 15.2. The number of hydrogen-bond donors (Lipinski definition) is 1. The SMILES string of the molecule is Cc1ccc(CSCCNC(=O)c2cn(-c3ccccc3)nc2-c2cccnc2)cc1. The predicted molar refractivity (Wildman–Crippen MR) is 126 cm³/mol. The number of nitrogens with one attached hydrogen (secondary N) is 1. The minimum absolute atomic E-state index is 0.128. The summed E-state index contributed by atoms with van der Waals surface area (Å²) in [4.78, 5) is 17.1. The molecule has 2 heterocycles. The zero-order chi connectivity index (χ0) is 21.5. The maximum absolute atomic E-state index is 13.0. The van der Waals surface area contributed by atoms with E-state index in [4.69, 9.17) is 0 Å². The lowest BCUT2D eigenvalue weighted by atomic mass is 10.1. The maximum atomic E-state index is 13.0. The van der Waals surface area contributed by atoms with Crippen molar-refractivity contribution in [2.75, 3.05) is 12.3 Å². The second-order valence-corrected chi connectivity index (χ2v) is 8.31. The number of para-hydroxylation sites is 1. The Hall–Kier alpha value is -3.38. The van der Waals surface area contributed by atoms with E-state index in [1.54, 1.807) is 35.0 Å². The molecule has 4 aromatic rings. The number of hydrogen-bond acceptors (Lipinski definition) is 4. The van der Waals surface area contributed by atoms with Gasteiger partial charge in [-0.2, -0.15) is 16.9 Å². The Labute approximate surface area is 186 Å². The molecule has 0 aliphatic rings. The van der Waals surface area contributed by atoms with Gasteiger partial charge in [-0.1, -0.05) is 48.0 Å². The molecular weight excluding hydrogens is 404 g/mol. The van der Waals surface area contributed by atoms with E-state index in [0.29, 0.717) is 17.8 Å². The van der Waals surface area contributed by atoms with Crippen LogP contribution in [0.1, 0.15) is 21.5 Å². The first kappa shape index (κ1) is 20.9. The lowest BCUT2D eigenvalue weighted by Gasteiger charge is -2.06. The van der Waals surface area contributed by atoms with E-state index in [0.717, 1.165) is 22.8 Å². The van der Waals surface area contributed by atoms with Crippen molar-refractivity contribution in [2.45, 2.75) is 12.7 Å². The number of aryl methyl sites for hydroxylation is 1. The third-order valence-corrected chi connectivity index (χ3v) is 5.87. The van der Waals surface area contributed by atoms with Crippen LogP contribution in [0.3, 0.4) is 0 Å². The van der Waals surface area contributed by atoms with Crippen LogP contribution < -0.4 is 5.32 Å². The average molecular weight is 429 g/mol. The smallest absolute Gasteiger partial charge is 0.255 e. The molecule has 156 valence electrons. The van der Waals surface area contributed by atoms with Gasteiger partial charge in [0.05, 0.1) is 11.3 Å². The summed E-state index contributed by atoms with van der Waals surface area (Å²) in [7, 11) is 0. The van der Waals surface area contributed by atoms with Crippen LogP contribution in [-0.2, 0) is 5.75 Å². The largest absolute Gasteiger partial charge is 0.351 e. The second kappa shape index (κ2) is 10.1. The van der Waals surface area contributed by atoms with Gasteiger partial charge >= 0.3 is 0 Å². The zero-order valence-electron chi connectivity index (χ0n) is 17.4. The summed E-state index contributed by atoms with van der Waals surface area (Å²) in [6.45, 7) is 2.69. The van der Waals surface area contributed by atoms with Gasteiger partial charge in [0.1, 0.15) is 5.69 Å². The van der Waals surface area contributed by atoms with Crippen LogP contribution in [0.4, 0.5) is 0 Å². The lowest BCUT2D eigenvalue weighted by Crippen LogP contribution is -2.26. The Morgan fingerprint density at radius 1 is 1.03 bits per heavy atom. The van der Waals surface area contributed by atoms with Crippen LogP contribution in [0.15, 0.2) is 85.3 Å². The fraction of sp³-hybridized carbons (Fsp3) is 0.160. The molecule has 0 unspecified atom stereocenters. The van der Waals surface area contributed by atoms with Gasteiger partial charge in [0.15, 0.2) is 0 Å². The standard InChI is InChI=1S/C25H24N4OS/c1-19-9-11-20(12-10-19)18-31-15-14-27-25(30)23-17-29(22-7-3-2-4-8-22)28-24(23)21-6-5-13-26-16-21/h2-13,16-17H,14-15,18H2,1H3,(H,27,30). The Morgan fingerprint density at radius 3 is 2.58 bits per heavy atom. The number of nitrogens with zero attached hydrogens (tertiary/aromatic N) is 3. The maximum Gasteiger partial charge on any atom is 0.255 e. The molecule has 1 N–H and O–H groups in total. The molecule has 0 spiro atoms. The van der Waals surface area contributed by atoms with Crippen molar-refractivity contribution >= 4 is 17.7 Å². The fourth-order valence-electron chi connectivity index (χ4n) is 3.18. The van der Waals surface area contributed by atoms with E-state index in [9.17, 15) is 4.79 Å². The molecular formula is C25H24N4OS. The molecule has 0 aliphatic heterocycles.